The Hall–Kier alpha value is -1.26. The van der Waals surface area contributed by atoms with E-state index in [1.54, 1.807) is 0 Å². The highest BCUT2D eigenvalue weighted by atomic mass is 16.5. The highest BCUT2D eigenvalue weighted by Gasteiger charge is 2.21. The first-order valence-corrected chi connectivity index (χ1v) is 7.80. The lowest BCUT2D eigenvalue weighted by atomic mass is 10.2. The Morgan fingerprint density at radius 1 is 1.10 bits per heavy atom. The lowest BCUT2D eigenvalue weighted by Crippen LogP contribution is -2.46. The molecule has 1 heterocycles. The van der Waals surface area contributed by atoms with Crippen molar-refractivity contribution in [3.63, 3.8) is 0 Å². The van der Waals surface area contributed by atoms with E-state index in [1.165, 1.54) is 0 Å². The molecule has 21 heavy (non-hydrogen) atoms. The average molecular weight is 293 g/mol. The average Bonchev–Trinajstić information content (AvgIpc) is 2.39. The third-order valence-electron chi connectivity index (χ3n) is 3.37. The fourth-order valence-electron chi connectivity index (χ4n) is 2.65. The maximum Gasteiger partial charge on any atom is 0.119 e. The molecule has 2 rings (SSSR count). The van der Waals surface area contributed by atoms with Gasteiger partial charge < -0.3 is 14.2 Å². The van der Waals surface area contributed by atoms with Crippen molar-refractivity contribution >= 4 is 0 Å². The van der Waals surface area contributed by atoms with Crippen LogP contribution in [0.2, 0.25) is 0 Å². The first kappa shape index (κ1) is 16.1. The molecule has 1 fully saturated rings. The van der Waals surface area contributed by atoms with Crippen molar-refractivity contribution in [3.05, 3.63) is 24.3 Å². The van der Waals surface area contributed by atoms with E-state index in [1.807, 2.05) is 38.1 Å². The summed E-state index contributed by atoms with van der Waals surface area (Å²) in [4.78, 5) is 2.40. The van der Waals surface area contributed by atoms with Crippen molar-refractivity contribution in [2.75, 3.05) is 26.2 Å². The largest absolute Gasteiger partial charge is 0.492 e. The van der Waals surface area contributed by atoms with Crippen molar-refractivity contribution in [1.82, 2.24) is 4.90 Å². The third-order valence-corrected chi connectivity index (χ3v) is 3.37. The fraction of sp³-hybridized carbons (Fsp3) is 0.647. The number of ether oxygens (including phenoxy) is 3. The molecule has 4 heteroatoms. The molecule has 0 unspecified atom stereocenters. The zero-order valence-corrected chi connectivity index (χ0v) is 13.5. The molecule has 0 saturated carbocycles. The monoisotopic (exact) mass is 293 g/mol. The van der Waals surface area contributed by atoms with Gasteiger partial charge in [0.1, 0.15) is 18.1 Å². The third kappa shape index (κ3) is 5.56. The minimum atomic E-state index is 0.196. The molecule has 1 aromatic rings. The summed E-state index contributed by atoms with van der Waals surface area (Å²) in [5, 5.41) is 0. The molecule has 0 aromatic heterocycles. The van der Waals surface area contributed by atoms with Crippen LogP contribution in [0.3, 0.4) is 0 Å². The van der Waals surface area contributed by atoms with Gasteiger partial charge >= 0.3 is 0 Å². The Morgan fingerprint density at radius 2 is 1.67 bits per heavy atom. The van der Waals surface area contributed by atoms with Gasteiger partial charge in [-0.15, -0.1) is 0 Å². The van der Waals surface area contributed by atoms with Crippen molar-refractivity contribution in [1.29, 1.82) is 0 Å². The molecule has 118 valence electrons. The van der Waals surface area contributed by atoms with Gasteiger partial charge in [-0.05, 0) is 52.0 Å². The van der Waals surface area contributed by atoms with E-state index in [-0.39, 0.29) is 6.10 Å². The fourth-order valence-corrected chi connectivity index (χ4v) is 2.65. The molecule has 0 radical (unpaired) electrons. The van der Waals surface area contributed by atoms with E-state index >= 15 is 0 Å². The molecular weight excluding hydrogens is 266 g/mol. The molecule has 1 aliphatic heterocycles. The van der Waals surface area contributed by atoms with Crippen molar-refractivity contribution in [3.8, 4) is 11.5 Å². The molecular formula is C17H27NO3. The second-order valence-corrected chi connectivity index (χ2v) is 6.00. The normalized spacial score (nSPS) is 23.3. The second kappa shape index (κ2) is 7.66. The Bertz CT molecular complexity index is 409. The Balaban J connectivity index is 1.73. The zero-order valence-electron chi connectivity index (χ0n) is 13.5. The van der Waals surface area contributed by atoms with Gasteiger partial charge in [-0.25, -0.2) is 0 Å². The Kier molecular flexibility index (Phi) is 5.88. The van der Waals surface area contributed by atoms with Gasteiger partial charge in [0.2, 0.25) is 0 Å². The molecule has 1 saturated heterocycles. The van der Waals surface area contributed by atoms with Crippen molar-refractivity contribution in [2.45, 2.75) is 46.0 Å². The first-order chi connectivity index (χ1) is 10.0. The van der Waals surface area contributed by atoms with E-state index < -0.39 is 0 Å². The molecule has 2 atom stereocenters. The zero-order chi connectivity index (χ0) is 15.2. The standard InChI is InChI=1S/C17H27NO3/c1-13(2)20-17-7-5-16(6-8-17)19-10-9-18-11-14(3)21-15(4)12-18/h5-8,13-15H,9-12H2,1-4H3/t14-,15-/m0/s1. The smallest absolute Gasteiger partial charge is 0.119 e. The summed E-state index contributed by atoms with van der Waals surface area (Å²) in [6.07, 6.45) is 0.810. The van der Waals surface area contributed by atoms with Gasteiger partial charge in [-0.1, -0.05) is 0 Å². The maximum atomic E-state index is 5.80. The highest BCUT2D eigenvalue weighted by Crippen LogP contribution is 2.18. The first-order valence-electron chi connectivity index (χ1n) is 7.80. The van der Waals surface area contributed by atoms with Gasteiger partial charge in [0.15, 0.2) is 0 Å². The predicted octanol–water partition coefficient (Wildman–Crippen LogP) is 2.96. The molecule has 0 N–H and O–H groups in total. The van der Waals surface area contributed by atoms with Gasteiger partial charge in [-0.3, -0.25) is 4.90 Å². The van der Waals surface area contributed by atoms with E-state index in [9.17, 15) is 0 Å². The van der Waals surface area contributed by atoms with Gasteiger partial charge in [0.05, 0.1) is 18.3 Å². The van der Waals surface area contributed by atoms with Gasteiger partial charge in [0.25, 0.3) is 0 Å². The number of nitrogens with zero attached hydrogens (tertiary/aromatic N) is 1. The van der Waals surface area contributed by atoms with Crippen molar-refractivity contribution < 1.29 is 14.2 Å². The number of rotatable bonds is 6. The van der Waals surface area contributed by atoms with Crippen LogP contribution < -0.4 is 9.47 Å². The minimum absolute atomic E-state index is 0.196. The maximum absolute atomic E-state index is 5.80. The van der Waals surface area contributed by atoms with E-state index in [0.29, 0.717) is 18.8 Å². The second-order valence-electron chi connectivity index (χ2n) is 6.00. The van der Waals surface area contributed by atoms with Crippen LogP contribution in [0.25, 0.3) is 0 Å². The predicted molar refractivity (Wildman–Crippen MR) is 84.2 cm³/mol. The summed E-state index contributed by atoms with van der Waals surface area (Å²) in [5.41, 5.74) is 0. The lowest BCUT2D eigenvalue weighted by molar-refractivity contribution is -0.0699. The number of benzene rings is 1. The van der Waals surface area contributed by atoms with Crippen LogP contribution in [-0.2, 0) is 4.74 Å². The number of hydrogen-bond acceptors (Lipinski definition) is 4. The van der Waals surface area contributed by atoms with Crippen LogP contribution >= 0.6 is 0 Å². The molecule has 0 amide bonds. The van der Waals surface area contributed by atoms with Gasteiger partial charge in [0, 0.05) is 19.6 Å². The molecule has 4 nitrogen and oxygen atoms in total. The SMILES string of the molecule is CC(C)Oc1ccc(OCCN2C[C@H](C)O[C@@H](C)C2)cc1. The topological polar surface area (TPSA) is 30.9 Å². The van der Waals surface area contributed by atoms with Gasteiger partial charge in [-0.2, -0.15) is 0 Å². The summed E-state index contributed by atoms with van der Waals surface area (Å²) >= 11 is 0. The molecule has 1 aliphatic rings. The van der Waals surface area contributed by atoms with Crippen LogP contribution in [0.15, 0.2) is 24.3 Å². The van der Waals surface area contributed by atoms with Crippen LogP contribution in [0.4, 0.5) is 0 Å². The van der Waals surface area contributed by atoms with E-state index in [2.05, 4.69) is 18.7 Å². The van der Waals surface area contributed by atoms with Crippen LogP contribution in [0.1, 0.15) is 27.7 Å². The summed E-state index contributed by atoms with van der Waals surface area (Å²) in [6.45, 7) is 11.9. The van der Waals surface area contributed by atoms with E-state index in [4.69, 9.17) is 14.2 Å². The number of hydrogen-bond donors (Lipinski definition) is 0. The van der Waals surface area contributed by atoms with Crippen LogP contribution in [0, 0.1) is 0 Å². The highest BCUT2D eigenvalue weighted by molar-refractivity contribution is 5.31. The summed E-state index contributed by atoms with van der Waals surface area (Å²) in [6, 6.07) is 7.83. The Morgan fingerprint density at radius 3 is 2.24 bits per heavy atom. The minimum Gasteiger partial charge on any atom is -0.492 e. The van der Waals surface area contributed by atoms with Crippen LogP contribution in [-0.4, -0.2) is 49.5 Å². The summed E-state index contributed by atoms with van der Waals surface area (Å²) < 4.78 is 17.1. The Labute approximate surface area is 128 Å². The van der Waals surface area contributed by atoms with Crippen molar-refractivity contribution in [2.24, 2.45) is 0 Å². The molecule has 0 aliphatic carbocycles. The molecule has 0 bridgehead atoms. The summed E-state index contributed by atoms with van der Waals surface area (Å²) in [5.74, 6) is 1.77. The molecule has 0 spiro atoms. The quantitative estimate of drug-likeness (QED) is 0.807. The lowest BCUT2D eigenvalue weighted by Gasteiger charge is -2.35. The number of morpholine rings is 1. The van der Waals surface area contributed by atoms with Crippen LogP contribution in [0.5, 0.6) is 11.5 Å². The summed E-state index contributed by atoms with van der Waals surface area (Å²) in [7, 11) is 0. The van der Waals surface area contributed by atoms with E-state index in [0.717, 1.165) is 31.1 Å². The molecule has 1 aromatic carbocycles.